The molecule has 2 atom stereocenters. The molecule has 0 saturated heterocycles. The summed E-state index contributed by atoms with van der Waals surface area (Å²) in [5, 5.41) is 0. The van der Waals surface area contributed by atoms with Gasteiger partial charge in [-0.25, -0.2) is 0 Å². The van der Waals surface area contributed by atoms with E-state index >= 15 is 0 Å². The Balaban J connectivity index is 2.98. The number of esters is 1. The maximum atomic E-state index is 12.4. The number of hydrogen-bond donors (Lipinski definition) is 0. The van der Waals surface area contributed by atoms with Crippen molar-refractivity contribution in [3.05, 3.63) is 48.6 Å². The normalized spacial score (nSPS) is 14.5. The highest BCUT2D eigenvalue weighted by Gasteiger charge is 2.30. The van der Waals surface area contributed by atoms with Crippen LogP contribution in [0.5, 0.6) is 0 Å². The highest BCUT2D eigenvalue weighted by atomic mass is 16.6. The van der Waals surface area contributed by atoms with Gasteiger partial charge in [0.15, 0.2) is 0 Å². The highest BCUT2D eigenvalue weighted by Crippen LogP contribution is 2.27. The van der Waals surface area contributed by atoms with Gasteiger partial charge in [-0.05, 0) is 39.2 Å². The van der Waals surface area contributed by atoms with Crippen LogP contribution in [0, 0.1) is 5.92 Å². The van der Waals surface area contributed by atoms with Crippen LogP contribution in [0.1, 0.15) is 59.6 Å². The zero-order valence-electron chi connectivity index (χ0n) is 16.1. The summed E-state index contributed by atoms with van der Waals surface area (Å²) >= 11 is 0. The third-order valence-electron chi connectivity index (χ3n) is 4.11. The first kappa shape index (κ1) is 20.4. The molecule has 0 heterocycles. The van der Waals surface area contributed by atoms with E-state index in [2.05, 4.69) is 56.5 Å². The van der Waals surface area contributed by atoms with Crippen molar-refractivity contribution in [2.24, 2.45) is 5.92 Å². The smallest absolute Gasteiger partial charge is 0.307 e. The summed E-state index contributed by atoms with van der Waals surface area (Å²) in [6, 6.07) is 10.7. The highest BCUT2D eigenvalue weighted by molar-refractivity contribution is 5.70. The summed E-state index contributed by atoms with van der Waals surface area (Å²) in [6.07, 6.45) is 2.30. The van der Waals surface area contributed by atoms with Gasteiger partial charge in [0.05, 0.1) is 6.42 Å². The summed E-state index contributed by atoms with van der Waals surface area (Å²) < 4.78 is 5.54. The van der Waals surface area contributed by atoms with Gasteiger partial charge in [-0.3, -0.25) is 9.69 Å². The molecule has 0 aliphatic rings. The fourth-order valence-corrected chi connectivity index (χ4v) is 2.94. The molecule has 0 radical (unpaired) electrons. The zero-order valence-corrected chi connectivity index (χ0v) is 16.1. The molecule has 3 heteroatoms. The molecule has 1 unspecified atom stereocenters. The second-order valence-electron chi connectivity index (χ2n) is 7.67. The predicted molar refractivity (Wildman–Crippen MR) is 101 cm³/mol. The Bertz CT molecular complexity index is 516. The van der Waals surface area contributed by atoms with Gasteiger partial charge in [-0.2, -0.15) is 0 Å². The molecule has 1 rings (SSSR count). The van der Waals surface area contributed by atoms with Crippen molar-refractivity contribution >= 4 is 5.97 Å². The monoisotopic (exact) mass is 331 g/mol. The summed E-state index contributed by atoms with van der Waals surface area (Å²) in [4.78, 5) is 14.7. The van der Waals surface area contributed by atoms with Crippen molar-refractivity contribution in [1.29, 1.82) is 0 Å². The Labute approximate surface area is 147 Å². The average molecular weight is 332 g/mol. The number of ether oxygens (including phenoxy) is 1. The minimum Gasteiger partial charge on any atom is -0.460 e. The number of nitrogens with zero attached hydrogens (tertiary/aromatic N) is 1. The summed E-state index contributed by atoms with van der Waals surface area (Å²) in [7, 11) is 0. The van der Waals surface area contributed by atoms with Crippen molar-refractivity contribution in [2.75, 3.05) is 6.54 Å². The topological polar surface area (TPSA) is 29.5 Å². The molecule has 1 aromatic carbocycles. The first-order valence-corrected chi connectivity index (χ1v) is 8.79. The molecule has 0 fully saturated rings. The van der Waals surface area contributed by atoms with E-state index in [0.29, 0.717) is 12.3 Å². The molecular weight excluding hydrogens is 298 g/mol. The Morgan fingerprint density at radius 2 is 1.79 bits per heavy atom. The molecular formula is C21H33NO2. The lowest BCUT2D eigenvalue weighted by Crippen LogP contribution is -2.43. The standard InChI is InChI=1S/C21H33NO2/c1-8-14-22(17(4)18-12-10-9-11-13-18)19(16(2)3)15-20(23)24-21(5,6)7/h8-13,16-17,19H,1,14-15H2,2-7H3/t17-,19?/m1/s1. The predicted octanol–water partition coefficient (Wildman–Crippen LogP) is 4.99. The van der Waals surface area contributed by atoms with Crippen LogP contribution in [-0.4, -0.2) is 29.1 Å². The summed E-state index contributed by atoms with van der Waals surface area (Å²) in [5.41, 5.74) is 0.793. The molecule has 0 saturated carbocycles. The molecule has 0 N–H and O–H groups in total. The summed E-state index contributed by atoms with van der Waals surface area (Å²) in [5.74, 6) is 0.194. The van der Waals surface area contributed by atoms with Crippen molar-refractivity contribution in [1.82, 2.24) is 4.90 Å². The second kappa shape index (κ2) is 9.03. The molecule has 1 aromatic rings. The third kappa shape index (κ3) is 6.48. The number of carbonyl (C=O) groups is 1. The minimum absolute atomic E-state index is 0.105. The Kier molecular flexibility index (Phi) is 7.68. The molecule has 24 heavy (non-hydrogen) atoms. The van der Waals surface area contributed by atoms with E-state index in [1.807, 2.05) is 32.9 Å². The van der Waals surface area contributed by atoms with Crippen LogP contribution in [-0.2, 0) is 9.53 Å². The lowest BCUT2D eigenvalue weighted by molar-refractivity contribution is -0.157. The minimum atomic E-state index is -0.451. The maximum Gasteiger partial charge on any atom is 0.307 e. The van der Waals surface area contributed by atoms with Gasteiger partial charge in [0.1, 0.15) is 5.60 Å². The van der Waals surface area contributed by atoms with Gasteiger partial charge in [-0.15, -0.1) is 6.58 Å². The van der Waals surface area contributed by atoms with Crippen LogP contribution < -0.4 is 0 Å². The Hall–Kier alpha value is -1.61. The second-order valence-corrected chi connectivity index (χ2v) is 7.67. The molecule has 0 amide bonds. The van der Waals surface area contributed by atoms with Crippen LogP contribution in [0.15, 0.2) is 43.0 Å². The van der Waals surface area contributed by atoms with Gasteiger partial charge in [0.25, 0.3) is 0 Å². The van der Waals surface area contributed by atoms with Gasteiger partial charge in [0, 0.05) is 18.6 Å². The maximum absolute atomic E-state index is 12.4. The van der Waals surface area contributed by atoms with Crippen LogP contribution in [0.3, 0.4) is 0 Å². The molecule has 134 valence electrons. The van der Waals surface area contributed by atoms with Crippen molar-refractivity contribution < 1.29 is 9.53 Å². The van der Waals surface area contributed by atoms with Crippen molar-refractivity contribution in [3.63, 3.8) is 0 Å². The molecule has 0 aliphatic heterocycles. The number of hydrogen-bond acceptors (Lipinski definition) is 3. The van der Waals surface area contributed by atoms with E-state index in [-0.39, 0.29) is 18.1 Å². The van der Waals surface area contributed by atoms with E-state index in [1.54, 1.807) is 0 Å². The van der Waals surface area contributed by atoms with Crippen LogP contribution in [0.4, 0.5) is 0 Å². The van der Waals surface area contributed by atoms with Crippen LogP contribution in [0.25, 0.3) is 0 Å². The average Bonchev–Trinajstić information content (AvgIpc) is 2.49. The van der Waals surface area contributed by atoms with E-state index in [9.17, 15) is 4.79 Å². The molecule has 0 spiro atoms. The molecule has 0 bridgehead atoms. The van der Waals surface area contributed by atoms with Crippen LogP contribution >= 0.6 is 0 Å². The first-order valence-electron chi connectivity index (χ1n) is 8.79. The largest absolute Gasteiger partial charge is 0.460 e. The third-order valence-corrected chi connectivity index (χ3v) is 4.11. The van der Waals surface area contributed by atoms with E-state index < -0.39 is 5.60 Å². The van der Waals surface area contributed by atoms with Gasteiger partial charge >= 0.3 is 5.97 Å². The Morgan fingerprint density at radius 3 is 2.25 bits per heavy atom. The zero-order chi connectivity index (χ0) is 18.3. The van der Waals surface area contributed by atoms with E-state index in [1.165, 1.54) is 5.56 Å². The van der Waals surface area contributed by atoms with Gasteiger partial charge < -0.3 is 4.74 Å². The number of benzene rings is 1. The quantitative estimate of drug-likeness (QED) is 0.496. The fourth-order valence-electron chi connectivity index (χ4n) is 2.94. The number of rotatable bonds is 8. The van der Waals surface area contributed by atoms with E-state index in [0.717, 1.165) is 6.54 Å². The van der Waals surface area contributed by atoms with Crippen molar-refractivity contribution in [3.8, 4) is 0 Å². The van der Waals surface area contributed by atoms with E-state index in [4.69, 9.17) is 4.74 Å². The lowest BCUT2D eigenvalue weighted by Gasteiger charge is -2.38. The molecule has 3 nitrogen and oxygen atoms in total. The first-order chi connectivity index (χ1) is 11.2. The van der Waals surface area contributed by atoms with Crippen LogP contribution in [0.2, 0.25) is 0 Å². The fraction of sp³-hybridized carbons (Fsp3) is 0.571. The van der Waals surface area contributed by atoms with Crippen molar-refractivity contribution in [2.45, 2.75) is 65.6 Å². The molecule has 0 aromatic heterocycles. The van der Waals surface area contributed by atoms with Gasteiger partial charge in [0.2, 0.25) is 0 Å². The Morgan fingerprint density at radius 1 is 1.21 bits per heavy atom. The lowest BCUT2D eigenvalue weighted by atomic mass is 9.95. The van der Waals surface area contributed by atoms with Gasteiger partial charge in [-0.1, -0.05) is 50.3 Å². The summed E-state index contributed by atoms with van der Waals surface area (Å²) in [6.45, 7) is 16.9. The SMILES string of the molecule is C=CCN(C(CC(=O)OC(C)(C)C)C(C)C)[C@H](C)c1ccccc1. The number of carbonyl (C=O) groups excluding carboxylic acids is 1. The molecule has 0 aliphatic carbocycles.